The zero-order valence-electron chi connectivity index (χ0n) is 9.60. The molecule has 0 bridgehead atoms. The zero-order valence-corrected chi connectivity index (χ0v) is 11.2. The molecule has 2 unspecified atom stereocenters. The summed E-state index contributed by atoms with van der Waals surface area (Å²) in [5.41, 5.74) is 0.296. The number of ether oxygens (including phenoxy) is 1. The van der Waals surface area contributed by atoms with E-state index >= 15 is 0 Å². The Bertz CT molecular complexity index is 204. The van der Waals surface area contributed by atoms with E-state index in [1.165, 1.54) is 38.5 Å². The van der Waals surface area contributed by atoms with Crippen LogP contribution in [0.2, 0.25) is 0 Å². The van der Waals surface area contributed by atoms with E-state index < -0.39 is 0 Å². The molecule has 88 valence electrons. The van der Waals surface area contributed by atoms with Crippen LogP contribution in [0.4, 0.5) is 0 Å². The molecule has 3 heteroatoms. The van der Waals surface area contributed by atoms with E-state index in [0.29, 0.717) is 17.7 Å². The molecule has 1 spiro atoms. The lowest BCUT2D eigenvalue weighted by atomic mass is 9.98. The number of hydrogen-bond acceptors (Lipinski definition) is 2. The van der Waals surface area contributed by atoms with Crippen molar-refractivity contribution in [2.75, 3.05) is 11.9 Å². The summed E-state index contributed by atoms with van der Waals surface area (Å²) >= 11 is 3.48. The fourth-order valence-electron chi connectivity index (χ4n) is 2.81. The molecule has 0 aromatic carbocycles. The molecule has 0 aromatic heterocycles. The van der Waals surface area contributed by atoms with E-state index in [2.05, 4.69) is 28.2 Å². The molecule has 1 saturated heterocycles. The minimum Gasteiger partial charge on any atom is -0.370 e. The summed E-state index contributed by atoms with van der Waals surface area (Å²) in [6.07, 6.45) is 8.36. The van der Waals surface area contributed by atoms with Crippen molar-refractivity contribution in [3.8, 4) is 0 Å². The molecule has 1 aliphatic heterocycles. The van der Waals surface area contributed by atoms with Gasteiger partial charge in [-0.05, 0) is 32.6 Å². The maximum atomic E-state index is 6.23. The highest BCUT2D eigenvalue weighted by Crippen LogP contribution is 2.43. The number of nitrogens with one attached hydrogen (secondary N) is 1. The predicted octanol–water partition coefficient (Wildman–Crippen LogP) is 2.85. The smallest absolute Gasteiger partial charge is 0.0708 e. The van der Waals surface area contributed by atoms with E-state index in [4.69, 9.17) is 4.74 Å². The molecule has 2 aliphatic rings. The van der Waals surface area contributed by atoms with Gasteiger partial charge >= 0.3 is 0 Å². The Morgan fingerprint density at radius 3 is 2.80 bits per heavy atom. The van der Waals surface area contributed by atoms with Gasteiger partial charge in [-0.2, -0.15) is 0 Å². The first kappa shape index (κ1) is 11.9. The Kier molecular flexibility index (Phi) is 4.08. The summed E-state index contributed by atoms with van der Waals surface area (Å²) in [5.74, 6) is 0. The van der Waals surface area contributed by atoms with Crippen LogP contribution < -0.4 is 5.32 Å². The predicted molar refractivity (Wildman–Crippen MR) is 66.6 cm³/mol. The molecule has 0 amide bonds. The van der Waals surface area contributed by atoms with Crippen molar-refractivity contribution in [2.24, 2.45) is 0 Å². The maximum absolute atomic E-state index is 6.23. The Hall–Kier alpha value is 0.400. The van der Waals surface area contributed by atoms with Crippen LogP contribution in [0, 0.1) is 0 Å². The van der Waals surface area contributed by atoms with Crippen LogP contribution in [0.25, 0.3) is 0 Å². The third kappa shape index (κ3) is 2.95. The van der Waals surface area contributed by atoms with Gasteiger partial charge in [-0.15, -0.1) is 0 Å². The molecule has 1 aliphatic carbocycles. The summed E-state index contributed by atoms with van der Waals surface area (Å²) in [7, 11) is 0. The standard InChI is InChI=1S/C12H22BrNO/c1-10(8-13)14-9-11-4-7-12(15-11)5-2-3-6-12/h10-11,14H,2-9H2,1H3. The topological polar surface area (TPSA) is 21.3 Å². The van der Waals surface area contributed by atoms with E-state index in [0.717, 1.165) is 11.9 Å². The van der Waals surface area contributed by atoms with Gasteiger partial charge in [0.25, 0.3) is 0 Å². The summed E-state index contributed by atoms with van der Waals surface area (Å²) < 4.78 is 6.23. The second kappa shape index (κ2) is 5.15. The Balaban J connectivity index is 1.73. The molecule has 0 aromatic rings. The van der Waals surface area contributed by atoms with Crippen molar-refractivity contribution in [3.63, 3.8) is 0 Å². The lowest BCUT2D eigenvalue weighted by Crippen LogP contribution is -2.36. The highest BCUT2D eigenvalue weighted by atomic mass is 79.9. The third-order valence-electron chi connectivity index (χ3n) is 3.78. The maximum Gasteiger partial charge on any atom is 0.0708 e. The summed E-state index contributed by atoms with van der Waals surface area (Å²) in [4.78, 5) is 0. The number of halogens is 1. The van der Waals surface area contributed by atoms with Gasteiger partial charge in [0.2, 0.25) is 0 Å². The van der Waals surface area contributed by atoms with Crippen molar-refractivity contribution in [1.82, 2.24) is 5.32 Å². The molecular weight excluding hydrogens is 254 g/mol. The van der Waals surface area contributed by atoms with Crippen molar-refractivity contribution >= 4 is 15.9 Å². The van der Waals surface area contributed by atoms with Crippen LogP contribution in [-0.4, -0.2) is 29.6 Å². The number of alkyl halides is 1. The van der Waals surface area contributed by atoms with Crippen LogP contribution in [0.5, 0.6) is 0 Å². The first-order valence-electron chi connectivity index (χ1n) is 6.21. The van der Waals surface area contributed by atoms with E-state index in [1.807, 2.05) is 0 Å². The molecule has 2 atom stereocenters. The molecule has 2 nitrogen and oxygen atoms in total. The van der Waals surface area contributed by atoms with Crippen LogP contribution in [0.1, 0.15) is 45.4 Å². The van der Waals surface area contributed by atoms with Crippen LogP contribution >= 0.6 is 15.9 Å². The summed E-state index contributed by atoms with van der Waals surface area (Å²) in [6, 6.07) is 0.550. The van der Waals surface area contributed by atoms with Crippen LogP contribution in [0.3, 0.4) is 0 Å². The van der Waals surface area contributed by atoms with Gasteiger partial charge in [0.05, 0.1) is 11.7 Å². The van der Waals surface area contributed by atoms with Crippen molar-refractivity contribution in [1.29, 1.82) is 0 Å². The zero-order chi connectivity index (χ0) is 10.7. The second-order valence-electron chi connectivity index (χ2n) is 5.13. The fraction of sp³-hybridized carbons (Fsp3) is 1.00. The highest BCUT2D eigenvalue weighted by Gasteiger charge is 2.41. The minimum atomic E-state index is 0.296. The van der Waals surface area contributed by atoms with Gasteiger partial charge in [-0.25, -0.2) is 0 Å². The molecule has 0 radical (unpaired) electrons. The Morgan fingerprint density at radius 1 is 1.40 bits per heavy atom. The monoisotopic (exact) mass is 275 g/mol. The van der Waals surface area contributed by atoms with Gasteiger partial charge in [0.15, 0.2) is 0 Å². The van der Waals surface area contributed by atoms with Gasteiger partial charge in [0.1, 0.15) is 0 Å². The minimum absolute atomic E-state index is 0.296. The number of rotatable bonds is 4. The SMILES string of the molecule is CC(CBr)NCC1CCC2(CCCC2)O1. The quantitative estimate of drug-likeness (QED) is 0.797. The first-order valence-corrected chi connectivity index (χ1v) is 7.33. The molecule has 1 N–H and O–H groups in total. The molecular formula is C12H22BrNO. The third-order valence-corrected chi connectivity index (χ3v) is 4.75. The molecule has 1 saturated carbocycles. The summed E-state index contributed by atoms with van der Waals surface area (Å²) in [5, 5.41) is 4.53. The van der Waals surface area contributed by atoms with Gasteiger partial charge in [-0.1, -0.05) is 28.8 Å². The fourth-order valence-corrected chi connectivity index (χ4v) is 3.04. The van der Waals surface area contributed by atoms with Crippen molar-refractivity contribution < 1.29 is 4.74 Å². The van der Waals surface area contributed by atoms with Gasteiger partial charge in [0, 0.05) is 17.9 Å². The van der Waals surface area contributed by atoms with Crippen molar-refractivity contribution in [2.45, 2.75) is 63.2 Å². The lowest BCUT2D eigenvalue weighted by Gasteiger charge is -2.24. The summed E-state index contributed by atoms with van der Waals surface area (Å²) in [6.45, 7) is 3.23. The molecule has 2 rings (SSSR count). The molecule has 2 fully saturated rings. The van der Waals surface area contributed by atoms with Gasteiger partial charge in [-0.3, -0.25) is 0 Å². The number of hydrogen-bond donors (Lipinski definition) is 1. The Labute approximate surface area is 101 Å². The highest BCUT2D eigenvalue weighted by molar-refractivity contribution is 9.09. The Morgan fingerprint density at radius 2 is 2.13 bits per heavy atom. The van der Waals surface area contributed by atoms with E-state index in [1.54, 1.807) is 0 Å². The van der Waals surface area contributed by atoms with Crippen molar-refractivity contribution in [3.05, 3.63) is 0 Å². The van der Waals surface area contributed by atoms with Gasteiger partial charge < -0.3 is 10.1 Å². The normalized spacial score (nSPS) is 31.2. The average Bonchev–Trinajstić information content (AvgIpc) is 2.86. The second-order valence-corrected chi connectivity index (χ2v) is 5.78. The van der Waals surface area contributed by atoms with Crippen LogP contribution in [0.15, 0.2) is 0 Å². The average molecular weight is 276 g/mol. The molecule has 15 heavy (non-hydrogen) atoms. The van der Waals surface area contributed by atoms with Crippen LogP contribution in [-0.2, 0) is 4.74 Å². The van der Waals surface area contributed by atoms with E-state index in [9.17, 15) is 0 Å². The first-order chi connectivity index (χ1) is 7.24. The lowest BCUT2D eigenvalue weighted by molar-refractivity contribution is -0.0355. The molecule has 1 heterocycles. The van der Waals surface area contributed by atoms with E-state index in [-0.39, 0.29) is 0 Å². The largest absolute Gasteiger partial charge is 0.370 e.